The Labute approximate surface area is 169 Å². The van der Waals surface area contributed by atoms with E-state index in [9.17, 15) is 36.3 Å². The van der Waals surface area contributed by atoms with Gasteiger partial charge in [0, 0.05) is 17.9 Å². The summed E-state index contributed by atoms with van der Waals surface area (Å²) in [4.78, 5) is 25.8. The lowest BCUT2D eigenvalue weighted by Gasteiger charge is -2.61. The Morgan fingerprint density at radius 1 is 1.30 bits per heavy atom. The van der Waals surface area contributed by atoms with Crippen LogP contribution in [-0.4, -0.2) is 36.9 Å². The second-order valence-electron chi connectivity index (χ2n) is 8.61. The summed E-state index contributed by atoms with van der Waals surface area (Å²) in [6, 6.07) is 0.936. The molecule has 2 bridgehead atoms. The molecular formula is C19H17F3O7S. The van der Waals surface area contributed by atoms with Crippen molar-refractivity contribution in [3.05, 3.63) is 28.3 Å². The highest BCUT2D eigenvalue weighted by Crippen LogP contribution is 2.69. The molecule has 1 aromatic rings. The average Bonchev–Trinajstić information content (AvgIpc) is 2.94. The standard InChI is InChI=1S/C19H17F3O7S/c1-7-3-14-11-4-9-8(2)13(29-30(26,27)19(20,21)22)5-10-12(23)6-17(7,16(24)28-14)18(11,25)15(9)10/h5,7,11,14,25H,3-4,6H2,1-2H3/t7-,11+,14-,17-,18+/m0/s1. The first kappa shape index (κ1) is 19.8. The summed E-state index contributed by atoms with van der Waals surface area (Å²) in [6.07, 6.45) is -0.378. The molecule has 1 spiro atoms. The Balaban J connectivity index is 1.76. The number of ketones is 1. The zero-order valence-corrected chi connectivity index (χ0v) is 16.7. The van der Waals surface area contributed by atoms with Gasteiger partial charge in [-0.05, 0) is 48.4 Å². The number of carbonyl (C=O) groups excluding carboxylic acids is 2. The van der Waals surface area contributed by atoms with Crippen LogP contribution in [0.3, 0.4) is 0 Å². The van der Waals surface area contributed by atoms with E-state index in [4.69, 9.17) is 4.74 Å². The second-order valence-corrected chi connectivity index (χ2v) is 10.2. The van der Waals surface area contributed by atoms with E-state index >= 15 is 0 Å². The summed E-state index contributed by atoms with van der Waals surface area (Å²) in [5, 5.41) is 11.9. The Morgan fingerprint density at radius 3 is 2.57 bits per heavy atom. The molecule has 162 valence electrons. The number of fused-ring (bicyclic) bond motifs is 2. The molecule has 6 rings (SSSR count). The van der Waals surface area contributed by atoms with Gasteiger partial charge in [0.15, 0.2) is 5.78 Å². The fourth-order valence-corrected chi connectivity index (χ4v) is 6.53. The van der Waals surface area contributed by atoms with Crippen molar-refractivity contribution in [2.24, 2.45) is 17.3 Å². The minimum Gasteiger partial charge on any atom is -0.461 e. The molecule has 2 aliphatic heterocycles. The zero-order chi connectivity index (χ0) is 22.0. The van der Waals surface area contributed by atoms with E-state index in [-0.39, 0.29) is 35.4 Å². The number of Topliss-reactive ketones (excluding diaryl/α,β-unsaturated/α-hetero) is 1. The van der Waals surface area contributed by atoms with Gasteiger partial charge in [-0.1, -0.05) is 6.92 Å². The highest BCUT2D eigenvalue weighted by atomic mass is 32.2. The van der Waals surface area contributed by atoms with Crippen molar-refractivity contribution in [2.75, 3.05) is 0 Å². The highest BCUT2D eigenvalue weighted by molar-refractivity contribution is 7.88. The summed E-state index contributed by atoms with van der Waals surface area (Å²) in [5.41, 5.74) is -8.29. The van der Waals surface area contributed by atoms with Gasteiger partial charge in [-0.2, -0.15) is 21.6 Å². The molecule has 2 saturated heterocycles. The van der Waals surface area contributed by atoms with Gasteiger partial charge in [-0.25, -0.2) is 0 Å². The van der Waals surface area contributed by atoms with Crippen LogP contribution in [-0.2, 0) is 31.7 Å². The van der Waals surface area contributed by atoms with Crippen LogP contribution in [0.4, 0.5) is 13.2 Å². The van der Waals surface area contributed by atoms with E-state index in [0.717, 1.165) is 6.07 Å². The summed E-state index contributed by atoms with van der Waals surface area (Å²) in [5.74, 6) is -2.74. The third-order valence-electron chi connectivity index (χ3n) is 7.41. The molecule has 5 atom stereocenters. The molecule has 30 heavy (non-hydrogen) atoms. The molecule has 0 radical (unpaired) electrons. The number of aliphatic hydroxyl groups is 1. The van der Waals surface area contributed by atoms with Crippen LogP contribution in [0.15, 0.2) is 6.07 Å². The van der Waals surface area contributed by atoms with Crippen molar-refractivity contribution in [1.82, 2.24) is 0 Å². The van der Waals surface area contributed by atoms with Crippen LogP contribution in [0.2, 0.25) is 0 Å². The maximum Gasteiger partial charge on any atom is 0.534 e. The van der Waals surface area contributed by atoms with E-state index in [1.807, 2.05) is 0 Å². The largest absolute Gasteiger partial charge is 0.534 e. The average molecular weight is 446 g/mol. The minimum absolute atomic E-state index is 0.0775. The fraction of sp³-hybridized carbons (Fsp3) is 0.579. The molecule has 3 aliphatic carbocycles. The smallest absolute Gasteiger partial charge is 0.461 e. The third-order valence-corrected chi connectivity index (χ3v) is 8.38. The molecule has 1 aromatic carbocycles. The first-order chi connectivity index (χ1) is 13.8. The van der Waals surface area contributed by atoms with Crippen LogP contribution in [0, 0.1) is 24.2 Å². The third kappa shape index (κ3) is 1.98. The van der Waals surface area contributed by atoms with Gasteiger partial charge in [0.1, 0.15) is 22.9 Å². The van der Waals surface area contributed by atoms with Crippen molar-refractivity contribution in [3.8, 4) is 5.75 Å². The Hall–Kier alpha value is -2.14. The van der Waals surface area contributed by atoms with Crippen molar-refractivity contribution in [3.63, 3.8) is 0 Å². The summed E-state index contributed by atoms with van der Waals surface area (Å²) >= 11 is 0. The summed E-state index contributed by atoms with van der Waals surface area (Å²) in [7, 11) is -5.94. The van der Waals surface area contributed by atoms with Crippen molar-refractivity contribution >= 4 is 21.9 Å². The molecule has 0 unspecified atom stereocenters. The number of alkyl halides is 3. The van der Waals surface area contributed by atoms with Crippen LogP contribution in [0.25, 0.3) is 0 Å². The molecule has 11 heteroatoms. The number of carbonyl (C=O) groups is 2. The molecule has 3 fully saturated rings. The van der Waals surface area contributed by atoms with E-state index in [1.54, 1.807) is 6.92 Å². The fourth-order valence-electron chi connectivity index (χ4n) is 6.03. The predicted octanol–water partition coefficient (Wildman–Crippen LogP) is 2.12. The number of rotatable bonds is 2. The normalized spacial score (nSPS) is 36.5. The molecular weight excluding hydrogens is 429 g/mol. The van der Waals surface area contributed by atoms with E-state index in [0.29, 0.717) is 12.0 Å². The predicted molar refractivity (Wildman–Crippen MR) is 92.9 cm³/mol. The Kier molecular flexibility index (Phi) is 3.54. The zero-order valence-electron chi connectivity index (χ0n) is 15.9. The molecule has 1 N–H and O–H groups in total. The van der Waals surface area contributed by atoms with E-state index < -0.39 is 56.2 Å². The molecule has 1 saturated carbocycles. The van der Waals surface area contributed by atoms with Crippen molar-refractivity contribution in [2.45, 2.75) is 50.3 Å². The highest BCUT2D eigenvalue weighted by Gasteiger charge is 2.77. The minimum atomic E-state index is -5.94. The summed E-state index contributed by atoms with van der Waals surface area (Å²) < 4.78 is 71.4. The summed E-state index contributed by atoms with van der Waals surface area (Å²) in [6.45, 7) is 3.15. The number of hydrogen-bond acceptors (Lipinski definition) is 7. The van der Waals surface area contributed by atoms with Crippen molar-refractivity contribution in [1.29, 1.82) is 0 Å². The molecule has 0 amide bonds. The Morgan fingerprint density at radius 2 is 1.97 bits per heavy atom. The van der Waals surface area contributed by atoms with Crippen LogP contribution in [0.1, 0.15) is 46.8 Å². The van der Waals surface area contributed by atoms with Gasteiger partial charge in [0.2, 0.25) is 0 Å². The SMILES string of the molecule is Cc1c(OS(=O)(=O)C(F)(F)F)cc2c3c1C[C@@H]1[C@@H]4C[C@H](C)[C@@](CC2=O)(C(=O)O4)[C@]31O. The van der Waals surface area contributed by atoms with Gasteiger partial charge in [0.05, 0.1) is 0 Å². The van der Waals surface area contributed by atoms with Gasteiger partial charge in [0.25, 0.3) is 0 Å². The van der Waals surface area contributed by atoms with E-state index in [2.05, 4.69) is 4.18 Å². The van der Waals surface area contributed by atoms with Crippen molar-refractivity contribution < 1.29 is 45.2 Å². The number of hydrogen-bond donors (Lipinski definition) is 1. The lowest BCUT2D eigenvalue weighted by Crippen LogP contribution is -2.71. The Bertz CT molecular complexity index is 1140. The lowest BCUT2D eigenvalue weighted by molar-refractivity contribution is -0.270. The monoisotopic (exact) mass is 446 g/mol. The molecule has 7 nitrogen and oxygen atoms in total. The lowest BCUT2D eigenvalue weighted by atomic mass is 9.47. The topological polar surface area (TPSA) is 107 Å². The number of ether oxygens (including phenoxy) is 1. The van der Waals surface area contributed by atoms with Gasteiger partial charge in [-0.15, -0.1) is 0 Å². The maximum absolute atomic E-state index is 13.0. The first-order valence-electron chi connectivity index (χ1n) is 9.40. The number of benzene rings is 1. The van der Waals surface area contributed by atoms with Crippen LogP contribution < -0.4 is 4.18 Å². The van der Waals surface area contributed by atoms with Crippen LogP contribution >= 0.6 is 0 Å². The van der Waals surface area contributed by atoms with Gasteiger partial charge < -0.3 is 14.0 Å². The van der Waals surface area contributed by atoms with Gasteiger partial charge >= 0.3 is 21.6 Å². The number of esters is 1. The molecule has 5 aliphatic rings. The maximum atomic E-state index is 13.0. The molecule has 2 heterocycles. The first-order valence-corrected chi connectivity index (χ1v) is 10.8. The van der Waals surface area contributed by atoms with E-state index in [1.165, 1.54) is 6.92 Å². The number of halogens is 3. The quantitative estimate of drug-likeness (QED) is 0.421. The van der Waals surface area contributed by atoms with Crippen LogP contribution in [0.5, 0.6) is 5.75 Å². The van der Waals surface area contributed by atoms with Gasteiger partial charge in [-0.3, -0.25) is 9.59 Å². The molecule has 0 aromatic heterocycles. The second kappa shape index (κ2) is 5.37.